The number of aromatic amines is 1. The van der Waals surface area contributed by atoms with E-state index in [1.54, 1.807) is 32.0 Å². The predicted octanol–water partition coefficient (Wildman–Crippen LogP) is 1.28. The molecule has 1 atom stereocenters. The second kappa shape index (κ2) is 9.83. The number of hydrogen-bond donors (Lipinski definition) is 4. The highest BCUT2D eigenvalue weighted by Crippen LogP contribution is 2.31. The van der Waals surface area contributed by atoms with Gasteiger partial charge in [0.15, 0.2) is 0 Å². The molecule has 2 rings (SSSR count). The van der Waals surface area contributed by atoms with E-state index in [1.165, 1.54) is 6.92 Å². The van der Waals surface area contributed by atoms with Crippen molar-refractivity contribution < 1.29 is 19.4 Å². The van der Waals surface area contributed by atoms with E-state index >= 15 is 0 Å². The summed E-state index contributed by atoms with van der Waals surface area (Å²) in [6.45, 7) is 6.60. The number of hydrogen-bond acceptors (Lipinski definition) is 6. The molecule has 156 valence electrons. The van der Waals surface area contributed by atoms with Crippen molar-refractivity contribution >= 4 is 17.5 Å². The molecule has 2 aromatic rings. The molecule has 0 bridgehead atoms. The number of benzene rings is 1. The third kappa shape index (κ3) is 5.64. The van der Waals surface area contributed by atoms with Gasteiger partial charge < -0.3 is 25.5 Å². The second-order valence-corrected chi connectivity index (χ2v) is 6.61. The van der Waals surface area contributed by atoms with Crippen molar-refractivity contribution in [1.82, 2.24) is 15.3 Å². The van der Waals surface area contributed by atoms with E-state index in [0.717, 1.165) is 6.42 Å². The van der Waals surface area contributed by atoms with Crippen LogP contribution in [0.25, 0.3) is 11.4 Å². The summed E-state index contributed by atoms with van der Waals surface area (Å²) in [6, 6.07) is 3.85. The van der Waals surface area contributed by atoms with Gasteiger partial charge >= 0.3 is 0 Å². The molecule has 9 heteroatoms. The van der Waals surface area contributed by atoms with Crippen LogP contribution in [0.1, 0.15) is 31.5 Å². The Morgan fingerprint density at radius 1 is 1.31 bits per heavy atom. The zero-order chi connectivity index (χ0) is 21.6. The first-order chi connectivity index (χ1) is 13.8. The maximum absolute atomic E-state index is 12.3. The monoisotopic (exact) mass is 402 g/mol. The number of nitrogens with zero attached hydrogens (tertiary/aromatic N) is 1. The van der Waals surface area contributed by atoms with Crippen LogP contribution >= 0.6 is 0 Å². The Kier molecular flexibility index (Phi) is 7.49. The number of ether oxygens (including phenoxy) is 1. The number of aliphatic hydroxyl groups is 1. The molecule has 0 saturated carbocycles. The Morgan fingerprint density at radius 3 is 2.62 bits per heavy atom. The van der Waals surface area contributed by atoms with Crippen molar-refractivity contribution in [3.63, 3.8) is 0 Å². The SMILES string of the molecule is CCCOc1ccc(NC(=O)C(CO)NC(C)=O)cc1-c1nc(C)c(C)c(=O)[nH]1. The van der Waals surface area contributed by atoms with Crippen LogP contribution in [0.2, 0.25) is 0 Å². The van der Waals surface area contributed by atoms with Gasteiger partial charge in [0.2, 0.25) is 11.8 Å². The lowest BCUT2D eigenvalue weighted by atomic mass is 10.1. The van der Waals surface area contributed by atoms with Crippen LogP contribution in [0.15, 0.2) is 23.0 Å². The summed E-state index contributed by atoms with van der Waals surface area (Å²) in [5.74, 6) is -0.171. The summed E-state index contributed by atoms with van der Waals surface area (Å²) < 4.78 is 5.76. The minimum absolute atomic E-state index is 0.255. The molecule has 2 amide bonds. The fraction of sp³-hybridized carbons (Fsp3) is 0.400. The fourth-order valence-electron chi connectivity index (χ4n) is 2.57. The van der Waals surface area contributed by atoms with Gasteiger partial charge in [-0.15, -0.1) is 0 Å². The summed E-state index contributed by atoms with van der Waals surface area (Å²) in [4.78, 5) is 42.9. The van der Waals surface area contributed by atoms with Gasteiger partial charge in [-0.05, 0) is 38.5 Å². The summed E-state index contributed by atoms with van der Waals surface area (Å²) in [5, 5.41) is 14.4. The number of anilines is 1. The number of nitrogens with one attached hydrogen (secondary N) is 3. The maximum Gasteiger partial charge on any atom is 0.254 e. The average Bonchev–Trinajstić information content (AvgIpc) is 2.68. The highest BCUT2D eigenvalue weighted by atomic mass is 16.5. The molecule has 0 spiro atoms. The highest BCUT2D eigenvalue weighted by molar-refractivity contribution is 5.97. The summed E-state index contributed by atoms with van der Waals surface area (Å²) in [7, 11) is 0. The molecule has 0 saturated heterocycles. The Labute approximate surface area is 168 Å². The third-order valence-electron chi connectivity index (χ3n) is 4.24. The third-order valence-corrected chi connectivity index (χ3v) is 4.24. The van der Waals surface area contributed by atoms with E-state index < -0.39 is 24.5 Å². The number of H-pyrrole nitrogens is 1. The number of amides is 2. The Bertz CT molecular complexity index is 954. The lowest BCUT2D eigenvalue weighted by Crippen LogP contribution is -2.45. The fourth-order valence-corrected chi connectivity index (χ4v) is 2.57. The van der Waals surface area contributed by atoms with E-state index in [2.05, 4.69) is 20.6 Å². The van der Waals surface area contributed by atoms with Gasteiger partial charge in [-0.1, -0.05) is 6.92 Å². The summed E-state index contributed by atoms with van der Waals surface area (Å²) in [6.07, 6.45) is 0.795. The van der Waals surface area contributed by atoms with Crippen molar-refractivity contribution in [3.8, 4) is 17.1 Å². The quantitative estimate of drug-likeness (QED) is 0.526. The van der Waals surface area contributed by atoms with Crippen molar-refractivity contribution in [2.75, 3.05) is 18.5 Å². The van der Waals surface area contributed by atoms with Crippen LogP contribution in [0.3, 0.4) is 0 Å². The lowest BCUT2D eigenvalue weighted by molar-refractivity contribution is -0.126. The van der Waals surface area contributed by atoms with Crippen molar-refractivity contribution in [2.24, 2.45) is 0 Å². The number of aryl methyl sites for hydroxylation is 1. The standard InChI is InChI=1S/C20H26N4O5/c1-5-8-29-17-7-6-14(23-20(28)16(10-25)22-13(4)26)9-15(17)18-21-12(3)11(2)19(27)24-18/h6-7,9,16,25H,5,8,10H2,1-4H3,(H,22,26)(H,23,28)(H,21,24,27). The largest absolute Gasteiger partial charge is 0.493 e. The molecule has 9 nitrogen and oxygen atoms in total. The molecular weight excluding hydrogens is 376 g/mol. The Morgan fingerprint density at radius 2 is 2.03 bits per heavy atom. The number of rotatable bonds is 8. The molecular formula is C20H26N4O5. The van der Waals surface area contributed by atoms with E-state index in [-0.39, 0.29) is 5.56 Å². The van der Waals surface area contributed by atoms with Crippen LogP contribution < -0.4 is 20.9 Å². The number of carbonyl (C=O) groups excluding carboxylic acids is 2. The van der Waals surface area contributed by atoms with E-state index in [4.69, 9.17) is 4.74 Å². The Hall–Kier alpha value is -3.20. The van der Waals surface area contributed by atoms with E-state index in [9.17, 15) is 19.5 Å². The first-order valence-electron chi connectivity index (χ1n) is 9.30. The van der Waals surface area contributed by atoms with Gasteiger partial charge in [0.05, 0.1) is 18.8 Å². The van der Waals surface area contributed by atoms with Crippen molar-refractivity contribution in [2.45, 2.75) is 40.2 Å². The van der Waals surface area contributed by atoms with Crippen LogP contribution in [-0.2, 0) is 9.59 Å². The van der Waals surface area contributed by atoms with Gasteiger partial charge in [0.25, 0.3) is 5.56 Å². The average molecular weight is 402 g/mol. The van der Waals surface area contributed by atoms with Crippen LogP contribution in [0, 0.1) is 13.8 Å². The topological polar surface area (TPSA) is 133 Å². The molecule has 0 aliphatic carbocycles. The predicted molar refractivity (Wildman–Crippen MR) is 109 cm³/mol. The van der Waals surface area contributed by atoms with Gasteiger partial charge in [0, 0.05) is 23.9 Å². The number of aromatic nitrogens is 2. The minimum atomic E-state index is -1.08. The first kappa shape index (κ1) is 22.1. The van der Waals surface area contributed by atoms with Crippen LogP contribution in [0.4, 0.5) is 5.69 Å². The molecule has 1 heterocycles. The lowest BCUT2D eigenvalue weighted by Gasteiger charge is -2.17. The number of aliphatic hydroxyl groups excluding tert-OH is 1. The van der Waals surface area contributed by atoms with Crippen LogP contribution in [0.5, 0.6) is 5.75 Å². The van der Waals surface area contributed by atoms with Gasteiger partial charge in [-0.25, -0.2) is 4.98 Å². The van der Waals surface area contributed by atoms with Crippen molar-refractivity contribution in [3.05, 3.63) is 39.8 Å². The van der Waals surface area contributed by atoms with Crippen LogP contribution in [-0.4, -0.2) is 46.1 Å². The summed E-state index contributed by atoms with van der Waals surface area (Å²) in [5.41, 5.74) is 1.77. The summed E-state index contributed by atoms with van der Waals surface area (Å²) >= 11 is 0. The Balaban J connectivity index is 2.42. The van der Waals surface area contributed by atoms with Gasteiger partial charge in [-0.2, -0.15) is 0 Å². The minimum Gasteiger partial charge on any atom is -0.493 e. The molecule has 0 fully saturated rings. The molecule has 1 aromatic carbocycles. The molecule has 1 unspecified atom stereocenters. The van der Waals surface area contributed by atoms with Gasteiger partial charge in [0.1, 0.15) is 17.6 Å². The van der Waals surface area contributed by atoms with Crippen molar-refractivity contribution in [1.29, 1.82) is 0 Å². The zero-order valence-electron chi connectivity index (χ0n) is 17.0. The van der Waals surface area contributed by atoms with E-state index in [1.807, 2.05) is 6.92 Å². The first-order valence-corrected chi connectivity index (χ1v) is 9.30. The van der Waals surface area contributed by atoms with E-state index in [0.29, 0.717) is 40.7 Å². The molecule has 0 aliphatic rings. The molecule has 1 aromatic heterocycles. The molecule has 0 radical (unpaired) electrons. The molecule has 0 aliphatic heterocycles. The number of carbonyl (C=O) groups is 2. The highest BCUT2D eigenvalue weighted by Gasteiger charge is 2.20. The zero-order valence-corrected chi connectivity index (χ0v) is 17.0. The smallest absolute Gasteiger partial charge is 0.254 e. The molecule has 29 heavy (non-hydrogen) atoms. The maximum atomic E-state index is 12.3. The van der Waals surface area contributed by atoms with Gasteiger partial charge in [-0.3, -0.25) is 14.4 Å². The normalized spacial score (nSPS) is 11.6. The second-order valence-electron chi connectivity index (χ2n) is 6.61. The molecule has 4 N–H and O–H groups in total.